The number of halogens is 3. The number of nitrogens with one attached hydrogen (secondary N) is 1. The molecule has 2 rings (SSSR count). The van der Waals surface area contributed by atoms with Gasteiger partial charge in [-0.05, 0) is 24.3 Å². The minimum absolute atomic E-state index is 0.147. The summed E-state index contributed by atoms with van der Waals surface area (Å²) in [6.45, 7) is 0. The predicted octanol–water partition coefficient (Wildman–Crippen LogP) is 2.93. The largest absolute Gasteiger partial charge is 0.433 e. The fourth-order valence-electron chi connectivity index (χ4n) is 1.88. The molecule has 1 aromatic heterocycles. The molecular formula is C16H15F3N4O2S. The number of benzene rings is 1. The summed E-state index contributed by atoms with van der Waals surface area (Å²) in [7, 11) is 3.22. The van der Waals surface area contributed by atoms with Crippen LogP contribution in [0.4, 0.5) is 18.9 Å². The molecule has 0 saturated carbocycles. The van der Waals surface area contributed by atoms with E-state index in [1.807, 2.05) is 0 Å². The highest BCUT2D eigenvalue weighted by Crippen LogP contribution is 2.28. The van der Waals surface area contributed by atoms with E-state index in [1.54, 1.807) is 32.3 Å². The van der Waals surface area contributed by atoms with Gasteiger partial charge in [-0.2, -0.15) is 13.2 Å². The number of carbonyl (C=O) groups is 2. The van der Waals surface area contributed by atoms with Crippen molar-refractivity contribution in [2.75, 3.05) is 25.2 Å². The molecule has 0 aliphatic carbocycles. The number of alkyl halides is 3. The number of rotatable bonds is 5. The Bertz CT molecular complexity index is 812. The summed E-state index contributed by atoms with van der Waals surface area (Å²) in [4.78, 5) is 32.4. The monoisotopic (exact) mass is 384 g/mol. The Kier molecular flexibility index (Phi) is 6.19. The number of hydrogen-bond donors (Lipinski definition) is 1. The zero-order chi connectivity index (χ0) is 19.3. The lowest BCUT2D eigenvalue weighted by Crippen LogP contribution is -2.22. The number of anilines is 1. The molecule has 138 valence electrons. The van der Waals surface area contributed by atoms with Gasteiger partial charge in [-0.1, -0.05) is 17.8 Å². The third kappa shape index (κ3) is 5.45. The molecule has 1 N–H and O–H groups in total. The SMILES string of the molecule is CN(C)C(=O)c1cccc(NC(=O)CSc2nccc(C(F)(F)F)n2)c1. The molecule has 2 amide bonds. The lowest BCUT2D eigenvalue weighted by atomic mass is 10.2. The van der Waals surface area contributed by atoms with E-state index in [0.717, 1.165) is 24.0 Å². The van der Waals surface area contributed by atoms with Gasteiger partial charge in [0, 0.05) is 31.5 Å². The Hall–Kier alpha value is -2.62. The van der Waals surface area contributed by atoms with Gasteiger partial charge in [0.25, 0.3) is 5.91 Å². The number of amides is 2. The number of hydrogen-bond acceptors (Lipinski definition) is 5. The van der Waals surface area contributed by atoms with Crippen molar-refractivity contribution in [1.82, 2.24) is 14.9 Å². The molecule has 0 aliphatic rings. The second-order valence-corrected chi connectivity index (χ2v) is 6.28. The normalized spacial score (nSPS) is 11.1. The van der Waals surface area contributed by atoms with E-state index in [-0.39, 0.29) is 16.8 Å². The Balaban J connectivity index is 1.98. The van der Waals surface area contributed by atoms with Crippen LogP contribution in [0.2, 0.25) is 0 Å². The molecule has 10 heteroatoms. The van der Waals surface area contributed by atoms with Gasteiger partial charge in [-0.3, -0.25) is 9.59 Å². The molecule has 2 aromatic rings. The molecule has 0 aliphatic heterocycles. The third-order valence-corrected chi connectivity index (χ3v) is 3.92. The number of aromatic nitrogens is 2. The van der Waals surface area contributed by atoms with E-state index in [4.69, 9.17) is 0 Å². The maximum absolute atomic E-state index is 12.6. The fourth-order valence-corrected chi connectivity index (χ4v) is 2.51. The lowest BCUT2D eigenvalue weighted by Gasteiger charge is -2.11. The van der Waals surface area contributed by atoms with E-state index < -0.39 is 17.8 Å². The first-order valence-electron chi connectivity index (χ1n) is 7.31. The van der Waals surface area contributed by atoms with E-state index >= 15 is 0 Å². The first kappa shape index (κ1) is 19.7. The highest BCUT2D eigenvalue weighted by Gasteiger charge is 2.32. The average Bonchev–Trinajstić information content (AvgIpc) is 2.59. The maximum atomic E-state index is 12.6. The summed E-state index contributed by atoms with van der Waals surface area (Å²) in [5.41, 5.74) is -0.250. The van der Waals surface area contributed by atoms with Gasteiger partial charge in [0.15, 0.2) is 5.16 Å². The summed E-state index contributed by atoms with van der Waals surface area (Å²) in [5, 5.41) is 2.44. The Morgan fingerprint density at radius 1 is 1.23 bits per heavy atom. The maximum Gasteiger partial charge on any atom is 0.433 e. The van der Waals surface area contributed by atoms with Crippen molar-refractivity contribution in [3.63, 3.8) is 0 Å². The minimum Gasteiger partial charge on any atom is -0.345 e. The van der Waals surface area contributed by atoms with Crippen molar-refractivity contribution >= 4 is 29.3 Å². The van der Waals surface area contributed by atoms with E-state index in [9.17, 15) is 22.8 Å². The van der Waals surface area contributed by atoms with Crippen molar-refractivity contribution in [2.45, 2.75) is 11.3 Å². The van der Waals surface area contributed by atoms with Crippen LogP contribution in [0.15, 0.2) is 41.7 Å². The van der Waals surface area contributed by atoms with Crippen LogP contribution in [-0.4, -0.2) is 46.5 Å². The Labute approximate surface area is 151 Å². The van der Waals surface area contributed by atoms with Gasteiger partial charge >= 0.3 is 6.18 Å². The van der Waals surface area contributed by atoms with Gasteiger partial charge in [-0.15, -0.1) is 0 Å². The van der Waals surface area contributed by atoms with E-state index in [0.29, 0.717) is 11.3 Å². The highest BCUT2D eigenvalue weighted by atomic mass is 32.2. The van der Waals surface area contributed by atoms with Gasteiger partial charge in [0.1, 0.15) is 5.69 Å². The summed E-state index contributed by atoms with van der Waals surface area (Å²) in [6, 6.07) is 7.12. The second kappa shape index (κ2) is 8.17. The molecular weight excluding hydrogens is 369 g/mol. The van der Waals surface area contributed by atoms with Crippen molar-refractivity contribution in [3.8, 4) is 0 Å². The predicted molar refractivity (Wildman–Crippen MR) is 90.8 cm³/mol. The molecule has 6 nitrogen and oxygen atoms in total. The van der Waals surface area contributed by atoms with Crippen molar-refractivity contribution in [1.29, 1.82) is 0 Å². The van der Waals surface area contributed by atoms with Crippen LogP contribution in [-0.2, 0) is 11.0 Å². The summed E-state index contributed by atoms with van der Waals surface area (Å²) in [5.74, 6) is -0.842. The first-order chi connectivity index (χ1) is 12.2. The average molecular weight is 384 g/mol. The first-order valence-corrected chi connectivity index (χ1v) is 8.30. The topological polar surface area (TPSA) is 75.2 Å². The third-order valence-electron chi connectivity index (χ3n) is 3.06. The summed E-state index contributed by atoms with van der Waals surface area (Å²) >= 11 is 0.784. The molecule has 0 unspecified atom stereocenters. The van der Waals surface area contributed by atoms with Crippen LogP contribution in [0.3, 0.4) is 0 Å². The summed E-state index contributed by atoms with van der Waals surface area (Å²) < 4.78 is 37.8. The van der Waals surface area contributed by atoms with Crippen LogP contribution in [0.5, 0.6) is 0 Å². The molecule has 0 fully saturated rings. The molecule has 0 radical (unpaired) electrons. The zero-order valence-electron chi connectivity index (χ0n) is 13.9. The molecule has 1 heterocycles. The van der Waals surface area contributed by atoms with Gasteiger partial charge in [0.2, 0.25) is 5.91 Å². The number of carbonyl (C=O) groups excluding carboxylic acids is 2. The Morgan fingerprint density at radius 2 is 1.96 bits per heavy atom. The van der Waals surface area contributed by atoms with Crippen molar-refractivity contribution in [3.05, 3.63) is 47.8 Å². The molecule has 0 saturated heterocycles. The van der Waals surface area contributed by atoms with Crippen LogP contribution < -0.4 is 5.32 Å². The van der Waals surface area contributed by atoms with Crippen LogP contribution in [0.25, 0.3) is 0 Å². The highest BCUT2D eigenvalue weighted by molar-refractivity contribution is 7.99. The van der Waals surface area contributed by atoms with Crippen LogP contribution in [0, 0.1) is 0 Å². The number of thioether (sulfide) groups is 1. The number of nitrogens with zero attached hydrogens (tertiary/aromatic N) is 3. The fraction of sp³-hybridized carbons (Fsp3) is 0.250. The van der Waals surface area contributed by atoms with Crippen LogP contribution in [0.1, 0.15) is 16.1 Å². The molecule has 1 aromatic carbocycles. The smallest absolute Gasteiger partial charge is 0.345 e. The molecule has 0 spiro atoms. The molecule has 0 bridgehead atoms. The zero-order valence-corrected chi connectivity index (χ0v) is 14.7. The quantitative estimate of drug-likeness (QED) is 0.634. The molecule has 0 atom stereocenters. The van der Waals surface area contributed by atoms with Crippen molar-refractivity contribution < 1.29 is 22.8 Å². The second-order valence-electron chi connectivity index (χ2n) is 5.34. The van der Waals surface area contributed by atoms with Crippen molar-refractivity contribution in [2.24, 2.45) is 0 Å². The van der Waals surface area contributed by atoms with Gasteiger partial charge in [-0.25, -0.2) is 9.97 Å². The van der Waals surface area contributed by atoms with Crippen LogP contribution >= 0.6 is 11.8 Å². The Morgan fingerprint density at radius 3 is 2.62 bits per heavy atom. The lowest BCUT2D eigenvalue weighted by molar-refractivity contribution is -0.141. The van der Waals surface area contributed by atoms with E-state index in [1.165, 1.54) is 11.0 Å². The van der Waals surface area contributed by atoms with Gasteiger partial charge in [0.05, 0.1) is 5.75 Å². The van der Waals surface area contributed by atoms with Gasteiger partial charge < -0.3 is 10.2 Å². The standard InChI is InChI=1S/C16H15F3N4O2S/c1-23(2)14(25)10-4-3-5-11(8-10)21-13(24)9-26-15-20-7-6-12(22-15)16(17,18)19/h3-8H,9H2,1-2H3,(H,21,24). The summed E-state index contributed by atoms with van der Waals surface area (Å²) in [6.07, 6.45) is -3.58. The van der Waals surface area contributed by atoms with E-state index in [2.05, 4.69) is 15.3 Å². The molecule has 26 heavy (non-hydrogen) atoms. The minimum atomic E-state index is -4.57.